The van der Waals surface area contributed by atoms with Crippen LogP contribution >= 0.6 is 11.8 Å². The molecule has 0 saturated carbocycles. The van der Waals surface area contributed by atoms with E-state index in [1.54, 1.807) is 7.11 Å². The molecule has 0 saturated heterocycles. The summed E-state index contributed by atoms with van der Waals surface area (Å²) in [5.74, 6) is 0.828. The van der Waals surface area contributed by atoms with Crippen LogP contribution in [-0.4, -0.2) is 22.3 Å². The van der Waals surface area contributed by atoms with Crippen molar-refractivity contribution < 1.29 is 4.74 Å². The van der Waals surface area contributed by atoms with Crippen molar-refractivity contribution in [2.24, 2.45) is 0 Å². The van der Waals surface area contributed by atoms with Crippen molar-refractivity contribution in [3.63, 3.8) is 0 Å². The molecule has 0 radical (unpaired) electrons. The van der Waals surface area contributed by atoms with E-state index in [4.69, 9.17) is 4.74 Å². The Morgan fingerprint density at radius 3 is 2.47 bits per heavy atom. The van der Waals surface area contributed by atoms with E-state index in [-0.39, 0.29) is 0 Å². The predicted molar refractivity (Wildman–Crippen MR) is 75.7 cm³/mol. The van der Waals surface area contributed by atoms with Gasteiger partial charge >= 0.3 is 0 Å². The lowest BCUT2D eigenvalue weighted by Gasteiger charge is -2.08. The quantitative estimate of drug-likeness (QED) is 0.839. The smallest absolute Gasteiger partial charge is 0.214 e. The summed E-state index contributed by atoms with van der Waals surface area (Å²) in [5.41, 5.74) is 2.00. The van der Waals surface area contributed by atoms with Crippen molar-refractivity contribution in [1.82, 2.24) is 15.2 Å². The molecule has 2 rings (SSSR count). The lowest BCUT2D eigenvalue weighted by Crippen LogP contribution is -2.03. The van der Waals surface area contributed by atoms with Crippen LogP contribution in [-0.2, 0) is 12.8 Å². The van der Waals surface area contributed by atoms with Crippen LogP contribution in [0.4, 0.5) is 0 Å². The molecular formula is C14H17N3OS. The summed E-state index contributed by atoms with van der Waals surface area (Å²) in [5, 5.41) is 9.09. The van der Waals surface area contributed by atoms with Crippen LogP contribution in [0.2, 0.25) is 0 Å². The zero-order valence-corrected chi connectivity index (χ0v) is 12.2. The Hall–Kier alpha value is -1.62. The van der Waals surface area contributed by atoms with E-state index in [1.807, 2.05) is 24.3 Å². The topological polar surface area (TPSA) is 47.9 Å². The van der Waals surface area contributed by atoms with E-state index in [0.717, 1.165) is 34.9 Å². The molecule has 0 amide bonds. The SMILES string of the molecule is CCc1nnc(Sc2ccccc2OC)nc1CC. The number of benzene rings is 1. The molecule has 0 atom stereocenters. The number of nitrogens with zero attached hydrogens (tertiary/aromatic N) is 3. The second-order valence-corrected chi connectivity index (χ2v) is 4.96. The molecule has 0 bridgehead atoms. The third-order valence-corrected chi connectivity index (χ3v) is 3.67. The highest BCUT2D eigenvalue weighted by molar-refractivity contribution is 7.99. The summed E-state index contributed by atoms with van der Waals surface area (Å²) in [6.45, 7) is 4.15. The van der Waals surface area contributed by atoms with Gasteiger partial charge in [0.25, 0.3) is 0 Å². The first kappa shape index (κ1) is 13.8. The lowest BCUT2D eigenvalue weighted by molar-refractivity contribution is 0.405. The van der Waals surface area contributed by atoms with E-state index in [1.165, 1.54) is 11.8 Å². The summed E-state index contributed by atoms with van der Waals surface area (Å²) in [6.07, 6.45) is 1.74. The molecular weight excluding hydrogens is 258 g/mol. The molecule has 0 aliphatic carbocycles. The highest BCUT2D eigenvalue weighted by Crippen LogP contribution is 2.32. The zero-order valence-electron chi connectivity index (χ0n) is 11.4. The largest absolute Gasteiger partial charge is 0.496 e. The second kappa shape index (κ2) is 6.52. The van der Waals surface area contributed by atoms with Gasteiger partial charge in [-0.05, 0) is 36.7 Å². The van der Waals surface area contributed by atoms with Crippen molar-refractivity contribution in [3.05, 3.63) is 35.7 Å². The average Bonchev–Trinajstić information content (AvgIpc) is 2.47. The average molecular weight is 275 g/mol. The third-order valence-electron chi connectivity index (χ3n) is 2.76. The second-order valence-electron chi connectivity index (χ2n) is 3.95. The first-order chi connectivity index (χ1) is 9.28. The number of ether oxygens (including phenoxy) is 1. The monoisotopic (exact) mass is 275 g/mol. The summed E-state index contributed by atoms with van der Waals surface area (Å²) in [4.78, 5) is 5.56. The molecule has 0 N–H and O–H groups in total. The van der Waals surface area contributed by atoms with Crippen LogP contribution in [0, 0.1) is 0 Å². The van der Waals surface area contributed by atoms with Crippen LogP contribution in [0.15, 0.2) is 34.3 Å². The molecule has 0 aliphatic rings. The Balaban J connectivity index is 2.28. The lowest BCUT2D eigenvalue weighted by atomic mass is 10.2. The maximum atomic E-state index is 5.32. The minimum absolute atomic E-state index is 0.665. The van der Waals surface area contributed by atoms with Crippen LogP contribution < -0.4 is 4.74 Å². The van der Waals surface area contributed by atoms with Crippen molar-refractivity contribution in [3.8, 4) is 5.75 Å². The van der Waals surface area contributed by atoms with E-state index in [9.17, 15) is 0 Å². The van der Waals surface area contributed by atoms with E-state index >= 15 is 0 Å². The number of hydrogen-bond acceptors (Lipinski definition) is 5. The fourth-order valence-electron chi connectivity index (χ4n) is 1.77. The van der Waals surface area contributed by atoms with Crippen molar-refractivity contribution in [2.45, 2.75) is 36.7 Å². The first-order valence-electron chi connectivity index (χ1n) is 6.31. The van der Waals surface area contributed by atoms with Crippen LogP contribution in [0.3, 0.4) is 0 Å². The van der Waals surface area contributed by atoms with Gasteiger partial charge in [-0.2, -0.15) is 5.10 Å². The summed E-state index contributed by atoms with van der Waals surface area (Å²) in [7, 11) is 1.66. The fraction of sp³-hybridized carbons (Fsp3) is 0.357. The highest BCUT2D eigenvalue weighted by Gasteiger charge is 2.10. The fourth-order valence-corrected chi connectivity index (χ4v) is 2.60. The number of aromatic nitrogens is 3. The number of methoxy groups -OCH3 is 1. The third kappa shape index (κ3) is 3.23. The van der Waals surface area contributed by atoms with Gasteiger partial charge in [-0.1, -0.05) is 26.0 Å². The Bertz CT molecular complexity index is 560. The van der Waals surface area contributed by atoms with Gasteiger partial charge in [-0.25, -0.2) is 4.98 Å². The van der Waals surface area contributed by atoms with Gasteiger partial charge in [-0.15, -0.1) is 5.10 Å². The molecule has 2 aromatic rings. The van der Waals surface area contributed by atoms with Gasteiger partial charge < -0.3 is 4.74 Å². The van der Waals surface area contributed by atoms with E-state index in [2.05, 4.69) is 29.0 Å². The Morgan fingerprint density at radius 1 is 1.05 bits per heavy atom. The Morgan fingerprint density at radius 2 is 1.79 bits per heavy atom. The van der Waals surface area contributed by atoms with Gasteiger partial charge in [0, 0.05) is 0 Å². The molecule has 1 aromatic heterocycles. The minimum atomic E-state index is 0.665. The summed E-state index contributed by atoms with van der Waals surface area (Å²) in [6, 6.07) is 7.84. The number of hydrogen-bond donors (Lipinski definition) is 0. The molecule has 0 fully saturated rings. The van der Waals surface area contributed by atoms with Gasteiger partial charge in [-0.3, -0.25) is 0 Å². The zero-order chi connectivity index (χ0) is 13.7. The standard InChI is InChI=1S/C14H17N3OS/c1-4-10-11(5-2)16-17-14(15-10)19-13-9-7-6-8-12(13)18-3/h6-9H,4-5H2,1-3H3. The molecule has 0 unspecified atom stereocenters. The van der Waals surface area contributed by atoms with Gasteiger partial charge in [0.1, 0.15) is 5.75 Å². The van der Waals surface area contributed by atoms with Crippen LogP contribution in [0.1, 0.15) is 25.2 Å². The molecule has 0 spiro atoms. The van der Waals surface area contributed by atoms with Crippen molar-refractivity contribution >= 4 is 11.8 Å². The Labute approximate surface area is 117 Å². The maximum Gasteiger partial charge on any atom is 0.214 e. The molecule has 1 aromatic carbocycles. The maximum absolute atomic E-state index is 5.32. The normalized spacial score (nSPS) is 10.5. The van der Waals surface area contributed by atoms with E-state index in [0.29, 0.717) is 5.16 Å². The van der Waals surface area contributed by atoms with Gasteiger partial charge in [0.15, 0.2) is 0 Å². The van der Waals surface area contributed by atoms with Gasteiger partial charge in [0.2, 0.25) is 5.16 Å². The number of aryl methyl sites for hydroxylation is 2. The molecule has 0 aliphatic heterocycles. The molecule has 4 nitrogen and oxygen atoms in total. The minimum Gasteiger partial charge on any atom is -0.496 e. The first-order valence-corrected chi connectivity index (χ1v) is 7.13. The molecule has 5 heteroatoms. The molecule has 1 heterocycles. The van der Waals surface area contributed by atoms with Crippen molar-refractivity contribution in [1.29, 1.82) is 0 Å². The Kier molecular flexibility index (Phi) is 4.74. The van der Waals surface area contributed by atoms with Crippen LogP contribution in [0.25, 0.3) is 0 Å². The summed E-state index contributed by atoms with van der Waals surface area (Å²) >= 11 is 1.48. The van der Waals surface area contributed by atoms with Crippen molar-refractivity contribution in [2.75, 3.05) is 7.11 Å². The molecule has 100 valence electrons. The van der Waals surface area contributed by atoms with Crippen LogP contribution in [0.5, 0.6) is 5.75 Å². The number of para-hydroxylation sites is 1. The van der Waals surface area contributed by atoms with Gasteiger partial charge in [0.05, 0.1) is 23.4 Å². The van der Waals surface area contributed by atoms with E-state index < -0.39 is 0 Å². The molecule has 19 heavy (non-hydrogen) atoms. The predicted octanol–water partition coefficient (Wildman–Crippen LogP) is 3.16. The highest BCUT2D eigenvalue weighted by atomic mass is 32.2. The number of rotatable bonds is 5. The summed E-state index contributed by atoms with van der Waals surface area (Å²) < 4.78 is 5.32.